The lowest BCUT2D eigenvalue weighted by Crippen LogP contribution is -2.53. The molecule has 3 aromatic carbocycles. The van der Waals surface area contributed by atoms with E-state index in [1.807, 2.05) is 52.0 Å². The fourth-order valence-corrected chi connectivity index (χ4v) is 5.88. The Labute approximate surface area is 238 Å². The van der Waals surface area contributed by atoms with Gasteiger partial charge < -0.3 is 15.0 Å². The number of hydrogen-bond donors (Lipinski definition) is 1. The molecule has 0 heterocycles. The number of sulfonamides is 1. The van der Waals surface area contributed by atoms with Gasteiger partial charge in [0.1, 0.15) is 18.3 Å². The molecule has 1 N–H and O–H groups in total. The third-order valence-corrected chi connectivity index (χ3v) is 8.56. The minimum Gasteiger partial charge on any atom is -0.495 e. The number of nitrogens with one attached hydrogen (secondary N) is 1. The molecule has 2 atom stereocenters. The summed E-state index contributed by atoms with van der Waals surface area (Å²) in [6.45, 7) is 7.32. The van der Waals surface area contributed by atoms with Gasteiger partial charge in [0, 0.05) is 12.6 Å². The maximum Gasteiger partial charge on any atom is 0.264 e. The molecule has 0 spiro atoms. The van der Waals surface area contributed by atoms with E-state index in [0.29, 0.717) is 12.2 Å². The van der Waals surface area contributed by atoms with Crippen LogP contribution in [0.2, 0.25) is 0 Å². The number of para-hydroxylation sites is 2. The number of aryl methyl sites for hydroxylation is 1. The number of nitrogens with zero attached hydrogens (tertiary/aromatic N) is 2. The molecular formula is C31H39N3O5S. The number of rotatable bonds is 13. The van der Waals surface area contributed by atoms with E-state index in [2.05, 4.69) is 5.32 Å². The summed E-state index contributed by atoms with van der Waals surface area (Å²) in [7, 11) is -2.72. The lowest BCUT2D eigenvalue weighted by molar-refractivity contribution is -0.140. The molecule has 214 valence electrons. The maximum atomic E-state index is 14.2. The lowest BCUT2D eigenvalue weighted by Gasteiger charge is -2.34. The van der Waals surface area contributed by atoms with E-state index in [1.165, 1.54) is 24.1 Å². The van der Waals surface area contributed by atoms with Gasteiger partial charge in [-0.1, -0.05) is 74.0 Å². The molecule has 40 heavy (non-hydrogen) atoms. The van der Waals surface area contributed by atoms with Gasteiger partial charge in [-0.15, -0.1) is 0 Å². The van der Waals surface area contributed by atoms with Crippen molar-refractivity contribution in [1.29, 1.82) is 0 Å². The first kappa shape index (κ1) is 30.7. The van der Waals surface area contributed by atoms with Crippen molar-refractivity contribution < 1.29 is 22.7 Å². The third-order valence-electron chi connectivity index (χ3n) is 6.79. The van der Waals surface area contributed by atoms with E-state index in [-0.39, 0.29) is 29.1 Å². The van der Waals surface area contributed by atoms with Gasteiger partial charge in [-0.2, -0.15) is 0 Å². The van der Waals surface area contributed by atoms with Crippen LogP contribution in [0.25, 0.3) is 0 Å². The van der Waals surface area contributed by atoms with E-state index >= 15 is 0 Å². The average Bonchev–Trinajstić information content (AvgIpc) is 2.96. The lowest BCUT2D eigenvalue weighted by atomic mass is 10.1. The van der Waals surface area contributed by atoms with Crippen LogP contribution in [0, 0.1) is 6.92 Å². The molecule has 8 nitrogen and oxygen atoms in total. The van der Waals surface area contributed by atoms with E-state index < -0.39 is 28.5 Å². The van der Waals surface area contributed by atoms with Gasteiger partial charge in [-0.05, 0) is 56.5 Å². The van der Waals surface area contributed by atoms with E-state index in [0.717, 1.165) is 21.9 Å². The van der Waals surface area contributed by atoms with Crippen LogP contribution in [0.1, 0.15) is 44.7 Å². The molecule has 2 amide bonds. The first-order valence-corrected chi connectivity index (χ1v) is 14.9. The Kier molecular flexibility index (Phi) is 10.7. The smallest absolute Gasteiger partial charge is 0.264 e. The van der Waals surface area contributed by atoms with E-state index in [9.17, 15) is 18.0 Å². The number of anilines is 1. The monoisotopic (exact) mass is 565 g/mol. The molecule has 0 unspecified atom stereocenters. The van der Waals surface area contributed by atoms with Gasteiger partial charge in [0.15, 0.2) is 0 Å². The molecule has 9 heteroatoms. The summed E-state index contributed by atoms with van der Waals surface area (Å²) >= 11 is 0. The highest BCUT2D eigenvalue weighted by Crippen LogP contribution is 2.32. The molecule has 3 rings (SSSR count). The summed E-state index contributed by atoms with van der Waals surface area (Å²) in [4.78, 5) is 29.0. The summed E-state index contributed by atoms with van der Waals surface area (Å²) in [6.07, 6.45) is 1.10. The zero-order chi connectivity index (χ0) is 29.3. The predicted molar refractivity (Wildman–Crippen MR) is 158 cm³/mol. The highest BCUT2D eigenvalue weighted by Gasteiger charge is 2.34. The zero-order valence-corrected chi connectivity index (χ0v) is 24.6. The fourth-order valence-electron chi connectivity index (χ4n) is 4.44. The minimum atomic E-state index is -4.17. The molecule has 0 aromatic heterocycles. The van der Waals surface area contributed by atoms with Gasteiger partial charge in [0.2, 0.25) is 11.8 Å². The van der Waals surface area contributed by atoms with Crippen molar-refractivity contribution in [3.8, 4) is 5.75 Å². The Hall–Kier alpha value is -3.85. The highest BCUT2D eigenvalue weighted by atomic mass is 32.2. The van der Waals surface area contributed by atoms with Gasteiger partial charge in [0.05, 0.1) is 17.7 Å². The number of carbonyl (C=O) groups excluding carboxylic acids is 2. The minimum absolute atomic E-state index is 0.0421. The van der Waals surface area contributed by atoms with Crippen LogP contribution in [0.4, 0.5) is 5.69 Å². The van der Waals surface area contributed by atoms with Crippen molar-refractivity contribution in [2.24, 2.45) is 0 Å². The molecular weight excluding hydrogens is 526 g/mol. The van der Waals surface area contributed by atoms with Crippen molar-refractivity contribution in [2.75, 3.05) is 18.0 Å². The number of ether oxygens (including phenoxy) is 1. The molecule has 0 aliphatic carbocycles. The van der Waals surface area contributed by atoms with Crippen LogP contribution in [0.3, 0.4) is 0 Å². The first-order chi connectivity index (χ1) is 19.1. The van der Waals surface area contributed by atoms with Gasteiger partial charge in [0.25, 0.3) is 10.0 Å². The molecule has 0 bridgehead atoms. The predicted octanol–water partition coefficient (Wildman–Crippen LogP) is 4.92. The Balaban J connectivity index is 2.09. The molecule has 0 saturated carbocycles. The quantitative estimate of drug-likeness (QED) is 0.317. The van der Waals surface area contributed by atoms with E-state index in [1.54, 1.807) is 42.5 Å². The van der Waals surface area contributed by atoms with Crippen molar-refractivity contribution in [3.63, 3.8) is 0 Å². The molecule has 3 aromatic rings. The number of methoxy groups -OCH3 is 1. The summed E-state index contributed by atoms with van der Waals surface area (Å²) in [5, 5.41) is 2.99. The van der Waals surface area contributed by atoms with E-state index in [4.69, 9.17) is 4.74 Å². The van der Waals surface area contributed by atoms with Crippen molar-refractivity contribution in [1.82, 2.24) is 10.2 Å². The number of carbonyl (C=O) groups is 2. The van der Waals surface area contributed by atoms with Crippen LogP contribution < -0.4 is 14.4 Å². The Morgan fingerprint density at radius 1 is 0.925 bits per heavy atom. The summed E-state index contributed by atoms with van der Waals surface area (Å²) in [5.74, 6) is -0.465. The summed E-state index contributed by atoms with van der Waals surface area (Å²) in [6, 6.07) is 21.5. The van der Waals surface area contributed by atoms with Crippen LogP contribution in [-0.2, 0) is 26.2 Å². The molecule has 0 radical (unpaired) electrons. The molecule has 0 saturated heterocycles. The average molecular weight is 566 g/mol. The van der Waals surface area contributed by atoms with Crippen molar-refractivity contribution >= 4 is 27.5 Å². The van der Waals surface area contributed by atoms with Crippen molar-refractivity contribution in [2.45, 2.75) is 64.1 Å². The van der Waals surface area contributed by atoms with Gasteiger partial charge in [-0.25, -0.2) is 8.42 Å². The number of benzene rings is 3. The van der Waals surface area contributed by atoms with Gasteiger partial charge in [-0.3, -0.25) is 13.9 Å². The SMILES string of the molecule is CC[C@H](C(=O)N[C@@H](C)CC)N(Cc1cccc(C)c1)C(=O)CN(c1ccccc1OC)S(=O)(=O)c1ccccc1. The fraction of sp³-hybridized carbons (Fsp3) is 0.355. The number of hydrogen-bond acceptors (Lipinski definition) is 5. The topological polar surface area (TPSA) is 96.0 Å². The maximum absolute atomic E-state index is 14.2. The van der Waals surface area contributed by atoms with Gasteiger partial charge >= 0.3 is 0 Å². The second-order valence-electron chi connectivity index (χ2n) is 9.75. The van der Waals surface area contributed by atoms with Crippen LogP contribution in [0.15, 0.2) is 83.8 Å². The Bertz CT molecular complexity index is 1390. The Morgan fingerprint density at radius 2 is 1.60 bits per heavy atom. The normalized spacial score (nSPS) is 12.7. The van der Waals surface area contributed by atoms with Crippen LogP contribution in [0.5, 0.6) is 5.75 Å². The molecule has 0 fully saturated rings. The van der Waals surface area contributed by atoms with Crippen LogP contribution >= 0.6 is 0 Å². The third kappa shape index (κ3) is 7.41. The largest absolute Gasteiger partial charge is 0.495 e. The standard InChI is InChI=1S/C31H39N3O5S/c1-6-24(4)32-31(36)27(7-2)33(21-25-15-13-14-23(3)20-25)30(35)22-34(28-18-11-12-19-29(28)39-5)40(37,38)26-16-9-8-10-17-26/h8-20,24,27H,6-7,21-22H2,1-5H3,(H,32,36)/t24-,27+/m0/s1. The second-order valence-corrected chi connectivity index (χ2v) is 11.6. The second kappa shape index (κ2) is 14.0. The first-order valence-electron chi connectivity index (χ1n) is 13.5. The summed E-state index contributed by atoms with van der Waals surface area (Å²) in [5.41, 5.74) is 2.09. The number of amides is 2. The zero-order valence-electron chi connectivity index (χ0n) is 23.8. The molecule has 0 aliphatic heterocycles. The van der Waals surface area contributed by atoms with Crippen LogP contribution in [-0.4, -0.2) is 50.9 Å². The van der Waals surface area contributed by atoms with Crippen molar-refractivity contribution in [3.05, 3.63) is 90.0 Å². The summed E-state index contributed by atoms with van der Waals surface area (Å²) < 4.78 is 34.4. The molecule has 0 aliphatic rings. The Morgan fingerprint density at radius 3 is 2.23 bits per heavy atom. The highest BCUT2D eigenvalue weighted by molar-refractivity contribution is 7.92.